The molecule has 0 amide bonds. The van der Waals surface area contributed by atoms with Gasteiger partial charge in [-0.1, -0.05) is 27.7 Å². The Morgan fingerprint density at radius 3 is 3.15 bits per heavy atom. The molecular formula is C15H17BrN2OS. The Kier molecular flexibility index (Phi) is 3.42. The topological polar surface area (TPSA) is 33.6 Å². The highest BCUT2D eigenvalue weighted by atomic mass is 79.9. The van der Waals surface area contributed by atoms with Gasteiger partial charge in [0.05, 0.1) is 13.2 Å². The van der Waals surface area contributed by atoms with Gasteiger partial charge >= 0.3 is 0 Å². The van der Waals surface area contributed by atoms with Crippen molar-refractivity contribution in [3.63, 3.8) is 0 Å². The van der Waals surface area contributed by atoms with Gasteiger partial charge in [-0.05, 0) is 36.5 Å². The molecule has 1 aromatic rings. The molecule has 1 N–H and O–H groups in total. The summed E-state index contributed by atoms with van der Waals surface area (Å²) < 4.78 is 6.90. The number of amidine groups is 1. The molecule has 2 heterocycles. The molecule has 0 radical (unpaired) electrons. The van der Waals surface area contributed by atoms with E-state index in [-0.39, 0.29) is 0 Å². The van der Waals surface area contributed by atoms with E-state index in [9.17, 15) is 0 Å². The third kappa shape index (κ3) is 2.58. The van der Waals surface area contributed by atoms with Crippen LogP contribution in [0, 0.1) is 5.92 Å². The van der Waals surface area contributed by atoms with Crippen LogP contribution < -0.4 is 10.1 Å². The lowest BCUT2D eigenvalue weighted by Gasteiger charge is -2.11. The number of nitrogens with one attached hydrogen (secondary N) is 1. The van der Waals surface area contributed by atoms with Gasteiger partial charge in [0.1, 0.15) is 5.75 Å². The number of thioether (sulfide) groups is 1. The van der Waals surface area contributed by atoms with Gasteiger partial charge in [0.25, 0.3) is 0 Å². The number of ether oxygens (including phenoxy) is 1. The van der Waals surface area contributed by atoms with Crippen LogP contribution in [0.1, 0.15) is 24.0 Å². The van der Waals surface area contributed by atoms with Gasteiger partial charge in [0, 0.05) is 28.3 Å². The quantitative estimate of drug-likeness (QED) is 0.905. The van der Waals surface area contributed by atoms with Crippen molar-refractivity contribution in [3.8, 4) is 5.75 Å². The third-order valence-corrected chi connectivity index (χ3v) is 5.87. The van der Waals surface area contributed by atoms with Crippen LogP contribution in [0.15, 0.2) is 21.6 Å². The number of hydrogen-bond donors (Lipinski definition) is 1. The van der Waals surface area contributed by atoms with Gasteiger partial charge in [-0.2, -0.15) is 0 Å². The minimum absolute atomic E-state index is 0.724. The second-order valence-corrected chi connectivity index (χ2v) is 7.79. The van der Waals surface area contributed by atoms with Crippen molar-refractivity contribution >= 4 is 32.9 Å². The lowest BCUT2D eigenvalue weighted by molar-refractivity contribution is 0.353. The number of halogens is 1. The molecule has 0 saturated heterocycles. The monoisotopic (exact) mass is 352 g/mol. The van der Waals surface area contributed by atoms with Crippen LogP contribution in [0.2, 0.25) is 0 Å². The minimum atomic E-state index is 0.724. The summed E-state index contributed by atoms with van der Waals surface area (Å²) in [4.78, 5) is 4.63. The van der Waals surface area contributed by atoms with Crippen molar-refractivity contribution in [2.24, 2.45) is 10.9 Å². The Bertz CT molecular complexity index is 571. The van der Waals surface area contributed by atoms with E-state index in [0.717, 1.165) is 52.7 Å². The van der Waals surface area contributed by atoms with Gasteiger partial charge in [-0.25, -0.2) is 0 Å². The Labute approximate surface area is 131 Å². The average Bonchev–Trinajstić information content (AvgIpc) is 2.99. The smallest absolute Gasteiger partial charge is 0.157 e. The summed E-state index contributed by atoms with van der Waals surface area (Å²) in [6.45, 7) is 2.59. The first-order valence-corrected chi connectivity index (χ1v) is 8.86. The number of hydrogen-bond acceptors (Lipinski definition) is 4. The Balaban J connectivity index is 1.42. The molecule has 1 unspecified atom stereocenters. The van der Waals surface area contributed by atoms with Gasteiger partial charge in [-0.15, -0.1) is 0 Å². The van der Waals surface area contributed by atoms with Crippen LogP contribution in [0.4, 0.5) is 0 Å². The fourth-order valence-corrected chi connectivity index (χ4v) is 4.61. The van der Waals surface area contributed by atoms with E-state index >= 15 is 0 Å². The van der Waals surface area contributed by atoms with Crippen molar-refractivity contribution in [1.82, 2.24) is 5.32 Å². The zero-order chi connectivity index (χ0) is 13.5. The van der Waals surface area contributed by atoms with E-state index in [4.69, 9.17) is 4.74 Å². The van der Waals surface area contributed by atoms with Gasteiger partial charge in [-0.3, -0.25) is 4.99 Å². The lowest BCUT2D eigenvalue weighted by Crippen LogP contribution is -2.19. The molecule has 1 aromatic carbocycles. The minimum Gasteiger partial charge on any atom is -0.493 e. The van der Waals surface area contributed by atoms with Crippen molar-refractivity contribution in [2.45, 2.75) is 31.1 Å². The van der Waals surface area contributed by atoms with Gasteiger partial charge in [0.15, 0.2) is 5.17 Å². The zero-order valence-corrected chi connectivity index (χ0v) is 13.6. The molecule has 1 atom stereocenters. The normalized spacial score (nSPS) is 24.2. The van der Waals surface area contributed by atoms with Crippen molar-refractivity contribution < 1.29 is 4.74 Å². The highest BCUT2D eigenvalue weighted by Crippen LogP contribution is 2.41. The van der Waals surface area contributed by atoms with E-state index in [1.165, 1.54) is 24.0 Å². The SMILES string of the molecule is Brc1cc2c(c(CNC3=NCC(C4CC4)S3)c1)OCC2. The van der Waals surface area contributed by atoms with E-state index in [1.807, 2.05) is 11.8 Å². The molecule has 0 aromatic heterocycles. The fourth-order valence-electron chi connectivity index (χ4n) is 2.85. The zero-order valence-electron chi connectivity index (χ0n) is 11.2. The highest BCUT2D eigenvalue weighted by Gasteiger charge is 2.35. The van der Waals surface area contributed by atoms with E-state index < -0.39 is 0 Å². The summed E-state index contributed by atoms with van der Waals surface area (Å²) >= 11 is 5.51. The Morgan fingerprint density at radius 1 is 1.40 bits per heavy atom. The highest BCUT2D eigenvalue weighted by molar-refractivity contribution is 9.10. The number of benzene rings is 1. The molecular weight excluding hydrogens is 336 g/mol. The van der Waals surface area contributed by atoms with Crippen molar-refractivity contribution in [1.29, 1.82) is 0 Å². The standard InChI is InChI=1S/C15H17BrN2OS/c16-12-5-10-3-4-19-14(10)11(6-12)7-17-15-18-8-13(20-15)9-1-2-9/h5-6,9,13H,1-4,7-8H2,(H,17,18). The van der Waals surface area contributed by atoms with Crippen LogP contribution in [-0.4, -0.2) is 23.6 Å². The number of aliphatic imine (C=N–C) groups is 1. The summed E-state index contributed by atoms with van der Waals surface area (Å²) in [7, 11) is 0. The van der Waals surface area contributed by atoms with Crippen LogP contribution >= 0.6 is 27.7 Å². The molecule has 106 valence electrons. The molecule has 0 bridgehead atoms. The van der Waals surface area contributed by atoms with Crippen molar-refractivity contribution in [2.75, 3.05) is 13.2 Å². The second-order valence-electron chi connectivity index (χ2n) is 5.64. The second kappa shape index (κ2) is 5.26. The molecule has 20 heavy (non-hydrogen) atoms. The van der Waals surface area contributed by atoms with Gasteiger partial charge in [0.2, 0.25) is 0 Å². The molecule has 2 aliphatic heterocycles. The summed E-state index contributed by atoms with van der Waals surface area (Å²) in [5.74, 6) is 1.99. The van der Waals surface area contributed by atoms with Crippen molar-refractivity contribution in [3.05, 3.63) is 27.7 Å². The molecule has 3 nitrogen and oxygen atoms in total. The predicted octanol–water partition coefficient (Wildman–Crippen LogP) is 3.36. The average molecular weight is 353 g/mol. The van der Waals surface area contributed by atoms with Crippen LogP contribution in [0.5, 0.6) is 5.75 Å². The summed E-state index contributed by atoms with van der Waals surface area (Å²) in [6.07, 6.45) is 3.81. The van der Waals surface area contributed by atoms with E-state index in [1.54, 1.807) is 0 Å². The maximum absolute atomic E-state index is 5.76. The first kappa shape index (κ1) is 13.0. The van der Waals surface area contributed by atoms with Gasteiger partial charge < -0.3 is 10.1 Å². The summed E-state index contributed by atoms with van der Waals surface area (Å²) in [5.41, 5.74) is 2.54. The first-order chi connectivity index (χ1) is 9.79. The lowest BCUT2D eigenvalue weighted by atomic mass is 10.1. The third-order valence-electron chi connectivity index (χ3n) is 4.08. The fraction of sp³-hybridized carbons (Fsp3) is 0.533. The largest absolute Gasteiger partial charge is 0.493 e. The molecule has 4 rings (SSSR count). The molecule has 1 saturated carbocycles. The maximum Gasteiger partial charge on any atom is 0.157 e. The Hall–Kier alpha value is -0.680. The maximum atomic E-state index is 5.76. The van der Waals surface area contributed by atoms with E-state index in [0.29, 0.717) is 0 Å². The van der Waals surface area contributed by atoms with E-state index in [2.05, 4.69) is 38.4 Å². The molecule has 3 aliphatic rings. The summed E-state index contributed by atoms with van der Waals surface area (Å²) in [5, 5.41) is 5.31. The first-order valence-electron chi connectivity index (χ1n) is 7.18. The van der Waals surface area contributed by atoms with Crippen LogP contribution in [0.25, 0.3) is 0 Å². The Morgan fingerprint density at radius 2 is 2.30 bits per heavy atom. The van der Waals surface area contributed by atoms with Crippen LogP contribution in [-0.2, 0) is 13.0 Å². The molecule has 1 fully saturated rings. The number of nitrogens with zero attached hydrogens (tertiary/aromatic N) is 1. The number of rotatable bonds is 3. The molecule has 1 aliphatic carbocycles. The number of fused-ring (bicyclic) bond motifs is 1. The molecule has 0 spiro atoms. The van der Waals surface area contributed by atoms with Crippen LogP contribution in [0.3, 0.4) is 0 Å². The molecule has 5 heteroatoms. The predicted molar refractivity (Wildman–Crippen MR) is 86.6 cm³/mol. The summed E-state index contributed by atoms with van der Waals surface area (Å²) in [6, 6.07) is 4.31.